The van der Waals surface area contributed by atoms with Crippen molar-refractivity contribution in [2.75, 3.05) is 44.6 Å². The molecule has 2 aliphatic rings. The molecule has 5 rings (SSSR count). The van der Waals surface area contributed by atoms with Crippen LogP contribution in [-0.4, -0.2) is 59.0 Å². The quantitative estimate of drug-likeness (QED) is 0.613. The Bertz CT molecular complexity index is 944. The number of nitrogens with one attached hydrogen (secondary N) is 1. The van der Waals surface area contributed by atoms with Crippen molar-refractivity contribution in [2.45, 2.75) is 31.7 Å². The third-order valence-corrected chi connectivity index (χ3v) is 6.85. The summed E-state index contributed by atoms with van der Waals surface area (Å²) in [6.07, 6.45) is 6.43. The molecule has 2 aromatic carbocycles. The van der Waals surface area contributed by atoms with E-state index in [9.17, 15) is 0 Å². The first-order valence-electron chi connectivity index (χ1n) is 12.0. The third-order valence-electron chi connectivity index (χ3n) is 6.85. The van der Waals surface area contributed by atoms with Gasteiger partial charge in [0.1, 0.15) is 12.1 Å². The average molecular weight is 428 g/mol. The zero-order valence-corrected chi connectivity index (χ0v) is 18.8. The predicted octanol–water partition coefficient (Wildman–Crippen LogP) is 4.17. The molecule has 166 valence electrons. The van der Waals surface area contributed by atoms with Crippen LogP contribution in [0.1, 0.15) is 41.3 Å². The van der Waals surface area contributed by atoms with E-state index in [1.807, 2.05) is 0 Å². The van der Waals surface area contributed by atoms with Crippen LogP contribution in [0.2, 0.25) is 0 Å². The molecule has 1 N–H and O–H groups in total. The Morgan fingerprint density at radius 3 is 2.12 bits per heavy atom. The van der Waals surface area contributed by atoms with E-state index in [0.717, 1.165) is 57.9 Å². The number of rotatable bonds is 7. The summed E-state index contributed by atoms with van der Waals surface area (Å²) in [5, 5.41) is 3.60. The van der Waals surface area contributed by atoms with Gasteiger partial charge in [-0.3, -0.25) is 9.80 Å². The number of hydrogen-bond acceptors (Lipinski definition) is 5. The van der Waals surface area contributed by atoms with Crippen LogP contribution in [0.5, 0.6) is 0 Å². The lowest BCUT2D eigenvalue weighted by Gasteiger charge is -2.39. The SMILES string of the molecule is c1ccc(C(c2ccccc2)N2CCN(CCNc3ncnc4c3CCCC4)CC2)cc1. The molecule has 5 heteroatoms. The molecule has 1 saturated heterocycles. The number of aromatic nitrogens is 2. The van der Waals surface area contributed by atoms with Crippen molar-refractivity contribution in [3.05, 3.63) is 89.4 Å². The molecule has 1 fully saturated rings. The minimum Gasteiger partial charge on any atom is -0.368 e. The first kappa shape index (κ1) is 21.1. The lowest BCUT2D eigenvalue weighted by atomic mass is 9.96. The summed E-state index contributed by atoms with van der Waals surface area (Å²) in [6, 6.07) is 22.2. The normalized spacial score (nSPS) is 17.3. The van der Waals surface area contributed by atoms with Crippen LogP contribution in [0.4, 0.5) is 5.82 Å². The van der Waals surface area contributed by atoms with E-state index < -0.39 is 0 Å². The highest BCUT2D eigenvalue weighted by molar-refractivity contribution is 5.47. The van der Waals surface area contributed by atoms with Gasteiger partial charge in [0.25, 0.3) is 0 Å². The fourth-order valence-corrected chi connectivity index (χ4v) is 5.14. The molecule has 1 aliphatic heterocycles. The summed E-state index contributed by atoms with van der Waals surface area (Å²) in [7, 11) is 0. The van der Waals surface area contributed by atoms with Crippen LogP contribution >= 0.6 is 0 Å². The highest BCUT2D eigenvalue weighted by Gasteiger charge is 2.26. The minimum absolute atomic E-state index is 0.324. The van der Waals surface area contributed by atoms with Crippen LogP contribution in [-0.2, 0) is 12.8 Å². The number of hydrogen-bond donors (Lipinski definition) is 1. The average Bonchev–Trinajstić information content (AvgIpc) is 2.87. The van der Waals surface area contributed by atoms with E-state index in [-0.39, 0.29) is 0 Å². The fraction of sp³-hybridized carbons (Fsp3) is 0.407. The molecule has 3 aromatic rings. The maximum atomic E-state index is 4.53. The molecule has 0 bridgehead atoms. The first-order chi connectivity index (χ1) is 15.9. The molecule has 0 spiro atoms. The van der Waals surface area contributed by atoms with Gasteiger partial charge in [-0.25, -0.2) is 9.97 Å². The summed E-state index contributed by atoms with van der Waals surface area (Å²) < 4.78 is 0. The van der Waals surface area contributed by atoms with Crippen LogP contribution in [0, 0.1) is 0 Å². The maximum Gasteiger partial charge on any atom is 0.132 e. The van der Waals surface area contributed by atoms with E-state index in [2.05, 4.69) is 85.7 Å². The molecule has 5 nitrogen and oxygen atoms in total. The molecule has 0 radical (unpaired) electrons. The van der Waals surface area contributed by atoms with Crippen molar-refractivity contribution >= 4 is 5.82 Å². The highest BCUT2D eigenvalue weighted by atomic mass is 15.3. The zero-order chi connectivity index (χ0) is 21.6. The number of anilines is 1. The van der Waals surface area contributed by atoms with Crippen molar-refractivity contribution < 1.29 is 0 Å². The largest absolute Gasteiger partial charge is 0.368 e. The zero-order valence-electron chi connectivity index (χ0n) is 18.8. The van der Waals surface area contributed by atoms with Gasteiger partial charge in [0.15, 0.2) is 0 Å². The standard InChI is InChI=1S/C27H33N5/c1-3-9-22(10-4-1)26(23-11-5-2-6-12-23)32-19-17-31(18-20-32)16-15-28-27-24-13-7-8-14-25(24)29-21-30-27/h1-6,9-12,21,26H,7-8,13-20H2,(H,28,29,30). The van der Waals surface area contributed by atoms with E-state index >= 15 is 0 Å². The molecule has 32 heavy (non-hydrogen) atoms. The van der Waals surface area contributed by atoms with Gasteiger partial charge in [-0.05, 0) is 36.8 Å². The van der Waals surface area contributed by atoms with E-state index in [1.54, 1.807) is 6.33 Å². The van der Waals surface area contributed by atoms with Crippen LogP contribution in [0.3, 0.4) is 0 Å². The fourth-order valence-electron chi connectivity index (χ4n) is 5.14. The van der Waals surface area contributed by atoms with Gasteiger partial charge >= 0.3 is 0 Å². The van der Waals surface area contributed by atoms with E-state index in [0.29, 0.717) is 6.04 Å². The Morgan fingerprint density at radius 1 is 0.781 bits per heavy atom. The van der Waals surface area contributed by atoms with Crippen molar-refractivity contribution in [3.8, 4) is 0 Å². The summed E-state index contributed by atoms with van der Waals surface area (Å²) in [4.78, 5) is 14.2. The highest BCUT2D eigenvalue weighted by Crippen LogP contribution is 2.29. The number of aryl methyl sites for hydroxylation is 1. The molecule has 0 amide bonds. The Balaban J connectivity index is 1.18. The third kappa shape index (κ3) is 4.84. The van der Waals surface area contributed by atoms with E-state index in [4.69, 9.17) is 0 Å². The second kappa shape index (κ2) is 10.2. The predicted molar refractivity (Wildman–Crippen MR) is 130 cm³/mol. The van der Waals surface area contributed by atoms with Gasteiger partial charge in [-0.15, -0.1) is 0 Å². The monoisotopic (exact) mass is 427 g/mol. The number of piperazine rings is 1. The number of nitrogens with zero attached hydrogens (tertiary/aromatic N) is 4. The lowest BCUT2D eigenvalue weighted by molar-refractivity contribution is 0.112. The second-order valence-corrected chi connectivity index (χ2v) is 8.88. The Labute approximate surface area is 191 Å². The summed E-state index contributed by atoms with van der Waals surface area (Å²) >= 11 is 0. The van der Waals surface area contributed by atoms with Crippen molar-refractivity contribution in [2.24, 2.45) is 0 Å². The van der Waals surface area contributed by atoms with Crippen molar-refractivity contribution in [1.29, 1.82) is 0 Å². The van der Waals surface area contributed by atoms with Crippen LogP contribution < -0.4 is 5.32 Å². The molecular formula is C27H33N5. The smallest absolute Gasteiger partial charge is 0.132 e. The Morgan fingerprint density at radius 2 is 1.44 bits per heavy atom. The van der Waals surface area contributed by atoms with Crippen LogP contribution in [0.15, 0.2) is 67.0 Å². The topological polar surface area (TPSA) is 44.3 Å². The van der Waals surface area contributed by atoms with Crippen molar-refractivity contribution in [3.63, 3.8) is 0 Å². The Hall–Kier alpha value is -2.76. The van der Waals surface area contributed by atoms with Gasteiger partial charge in [-0.1, -0.05) is 60.7 Å². The van der Waals surface area contributed by atoms with E-state index in [1.165, 1.54) is 35.2 Å². The summed E-state index contributed by atoms with van der Waals surface area (Å²) in [6.45, 7) is 6.34. The summed E-state index contributed by atoms with van der Waals surface area (Å²) in [5.41, 5.74) is 5.34. The molecule has 0 unspecified atom stereocenters. The van der Waals surface area contributed by atoms with Crippen LogP contribution in [0.25, 0.3) is 0 Å². The van der Waals surface area contributed by atoms with Crippen molar-refractivity contribution in [1.82, 2.24) is 19.8 Å². The van der Waals surface area contributed by atoms with Gasteiger partial charge in [0, 0.05) is 50.5 Å². The number of fused-ring (bicyclic) bond motifs is 1. The molecule has 1 aliphatic carbocycles. The lowest BCUT2D eigenvalue weighted by Crippen LogP contribution is -2.48. The molecule has 0 saturated carbocycles. The molecular weight excluding hydrogens is 394 g/mol. The second-order valence-electron chi connectivity index (χ2n) is 8.88. The molecule has 1 aromatic heterocycles. The van der Waals surface area contributed by atoms with Gasteiger partial charge < -0.3 is 5.32 Å². The van der Waals surface area contributed by atoms with Gasteiger partial charge in [0.2, 0.25) is 0 Å². The maximum absolute atomic E-state index is 4.53. The molecule has 0 atom stereocenters. The molecule has 2 heterocycles. The first-order valence-corrected chi connectivity index (χ1v) is 12.0. The summed E-state index contributed by atoms with van der Waals surface area (Å²) in [5.74, 6) is 1.06. The van der Waals surface area contributed by atoms with Gasteiger partial charge in [-0.2, -0.15) is 0 Å². The minimum atomic E-state index is 0.324. The number of benzene rings is 2. The van der Waals surface area contributed by atoms with Gasteiger partial charge in [0.05, 0.1) is 6.04 Å². The Kier molecular flexibility index (Phi) is 6.75.